The van der Waals surface area contributed by atoms with E-state index in [1.807, 2.05) is 12.1 Å². The summed E-state index contributed by atoms with van der Waals surface area (Å²) in [5.74, 6) is 0.597. The number of hydrogen-bond acceptors (Lipinski definition) is 2. The molecule has 0 radical (unpaired) electrons. The normalized spacial score (nSPS) is 29.6. The summed E-state index contributed by atoms with van der Waals surface area (Å²) in [7, 11) is 2.22. The first kappa shape index (κ1) is 14.8. The Balaban J connectivity index is 1.74. The third-order valence-corrected chi connectivity index (χ3v) is 5.50. The van der Waals surface area contributed by atoms with E-state index in [2.05, 4.69) is 44.9 Å². The summed E-state index contributed by atoms with van der Waals surface area (Å²) in [6.07, 6.45) is 4.64. The van der Waals surface area contributed by atoms with Gasteiger partial charge in [0.1, 0.15) is 0 Å². The van der Waals surface area contributed by atoms with E-state index in [1.165, 1.54) is 18.4 Å². The van der Waals surface area contributed by atoms with Crippen LogP contribution in [0.5, 0.6) is 0 Å². The summed E-state index contributed by atoms with van der Waals surface area (Å²) in [6.45, 7) is 6.62. The molecule has 114 valence electrons. The van der Waals surface area contributed by atoms with Gasteiger partial charge in [0.05, 0.1) is 0 Å². The third kappa shape index (κ3) is 2.78. The number of carbonyl (C=O) groups excluding carboxylic acids is 1. The zero-order chi connectivity index (χ0) is 15.2. The second-order valence-corrected chi connectivity index (χ2v) is 7.91. The summed E-state index contributed by atoms with van der Waals surface area (Å²) in [6, 6.07) is 9.57. The Bertz CT molecular complexity index is 511. The summed E-state index contributed by atoms with van der Waals surface area (Å²) < 4.78 is 0. The van der Waals surface area contributed by atoms with Gasteiger partial charge in [0.25, 0.3) is 0 Å². The summed E-state index contributed by atoms with van der Waals surface area (Å²) in [4.78, 5) is 15.3. The molecule has 2 aliphatic heterocycles. The van der Waals surface area contributed by atoms with Crippen LogP contribution in [0.15, 0.2) is 24.3 Å². The molecule has 1 aromatic rings. The molecule has 3 rings (SSSR count). The lowest BCUT2D eigenvalue weighted by Gasteiger charge is -2.35. The number of hydrogen-bond donors (Lipinski definition) is 0. The minimum Gasteiger partial charge on any atom is -0.300 e. The van der Waals surface area contributed by atoms with Crippen LogP contribution in [0.1, 0.15) is 62.4 Å². The average molecular weight is 285 g/mol. The molecule has 1 aromatic carbocycles. The first-order valence-corrected chi connectivity index (χ1v) is 8.23. The van der Waals surface area contributed by atoms with Crippen molar-refractivity contribution in [1.82, 2.24) is 4.90 Å². The van der Waals surface area contributed by atoms with Crippen molar-refractivity contribution >= 4 is 5.78 Å². The first-order chi connectivity index (χ1) is 9.86. The number of carbonyl (C=O) groups is 1. The van der Waals surface area contributed by atoms with Gasteiger partial charge in [0.2, 0.25) is 0 Å². The predicted octanol–water partition coefficient (Wildman–Crippen LogP) is 4.04. The minimum atomic E-state index is 0.147. The van der Waals surface area contributed by atoms with Crippen LogP contribution in [-0.4, -0.2) is 29.8 Å². The molecule has 2 bridgehead atoms. The van der Waals surface area contributed by atoms with Gasteiger partial charge >= 0.3 is 0 Å². The zero-order valence-corrected chi connectivity index (χ0v) is 13.7. The highest BCUT2D eigenvalue weighted by Gasteiger charge is 2.40. The van der Waals surface area contributed by atoms with Crippen molar-refractivity contribution in [2.45, 2.75) is 64.0 Å². The molecule has 2 fully saturated rings. The van der Waals surface area contributed by atoms with Crippen LogP contribution in [0, 0.1) is 5.92 Å². The van der Waals surface area contributed by atoms with Crippen molar-refractivity contribution < 1.29 is 4.79 Å². The largest absolute Gasteiger partial charge is 0.300 e. The molecule has 0 amide bonds. The van der Waals surface area contributed by atoms with Crippen LogP contribution in [0.25, 0.3) is 0 Å². The van der Waals surface area contributed by atoms with Gasteiger partial charge in [-0.3, -0.25) is 4.79 Å². The third-order valence-electron chi connectivity index (χ3n) is 5.50. The maximum absolute atomic E-state index is 12.8. The molecule has 0 N–H and O–H groups in total. The molecular formula is C19H27NO. The van der Waals surface area contributed by atoms with Crippen molar-refractivity contribution in [2.75, 3.05) is 7.05 Å². The summed E-state index contributed by atoms with van der Waals surface area (Å²) in [5, 5.41) is 0. The van der Waals surface area contributed by atoms with Crippen molar-refractivity contribution in [2.24, 2.45) is 5.92 Å². The number of benzene rings is 1. The molecule has 2 aliphatic rings. The molecule has 21 heavy (non-hydrogen) atoms. The Hall–Kier alpha value is -1.15. The standard InChI is InChI=1S/C19H27NO/c1-19(2,3)15-7-5-13(6-8-15)18(21)14-11-16-9-10-17(12-14)20(16)4/h5-8,14,16-17H,9-12H2,1-4H3. The smallest absolute Gasteiger partial charge is 0.166 e. The second kappa shape index (κ2) is 5.24. The highest BCUT2D eigenvalue weighted by molar-refractivity contribution is 5.98. The molecule has 2 unspecified atom stereocenters. The van der Waals surface area contributed by atoms with E-state index in [9.17, 15) is 4.79 Å². The number of rotatable bonds is 2. The fraction of sp³-hybridized carbons (Fsp3) is 0.632. The van der Waals surface area contributed by atoms with E-state index < -0.39 is 0 Å². The van der Waals surface area contributed by atoms with Crippen LogP contribution in [0.4, 0.5) is 0 Å². The molecule has 2 heterocycles. The highest BCUT2D eigenvalue weighted by atomic mass is 16.1. The Kier molecular flexibility index (Phi) is 3.69. The van der Waals surface area contributed by atoms with Crippen LogP contribution in [-0.2, 0) is 5.41 Å². The van der Waals surface area contributed by atoms with Gasteiger partial charge in [-0.15, -0.1) is 0 Å². The predicted molar refractivity (Wildman–Crippen MR) is 86.8 cm³/mol. The van der Waals surface area contributed by atoms with Gasteiger partial charge in [-0.05, 0) is 43.7 Å². The zero-order valence-electron chi connectivity index (χ0n) is 13.7. The number of ketones is 1. The second-order valence-electron chi connectivity index (χ2n) is 7.91. The Morgan fingerprint density at radius 3 is 2.05 bits per heavy atom. The number of Topliss-reactive ketones (excluding diaryl/α,β-unsaturated/α-hetero) is 1. The van der Waals surface area contributed by atoms with Gasteiger partial charge in [0, 0.05) is 23.6 Å². The molecule has 0 aromatic heterocycles. The van der Waals surface area contributed by atoms with E-state index in [1.54, 1.807) is 0 Å². The summed E-state index contributed by atoms with van der Waals surface area (Å²) >= 11 is 0. The van der Waals surface area contributed by atoms with E-state index in [4.69, 9.17) is 0 Å². The first-order valence-electron chi connectivity index (χ1n) is 8.23. The van der Waals surface area contributed by atoms with Crippen molar-refractivity contribution in [3.05, 3.63) is 35.4 Å². The summed E-state index contributed by atoms with van der Waals surface area (Å²) in [5.41, 5.74) is 2.34. The molecule has 2 atom stereocenters. The van der Waals surface area contributed by atoms with E-state index in [0.29, 0.717) is 17.9 Å². The Morgan fingerprint density at radius 2 is 1.57 bits per heavy atom. The van der Waals surface area contributed by atoms with E-state index in [-0.39, 0.29) is 11.3 Å². The van der Waals surface area contributed by atoms with Crippen LogP contribution < -0.4 is 0 Å². The monoisotopic (exact) mass is 285 g/mol. The fourth-order valence-electron chi connectivity index (χ4n) is 4.00. The number of piperidine rings is 1. The van der Waals surface area contributed by atoms with E-state index in [0.717, 1.165) is 18.4 Å². The Morgan fingerprint density at radius 1 is 1.05 bits per heavy atom. The minimum absolute atomic E-state index is 0.147. The Labute approximate surface area is 128 Å². The number of fused-ring (bicyclic) bond motifs is 2. The van der Waals surface area contributed by atoms with Gasteiger partial charge in [-0.2, -0.15) is 0 Å². The maximum atomic E-state index is 12.8. The fourth-order valence-corrected chi connectivity index (χ4v) is 4.00. The quantitative estimate of drug-likeness (QED) is 0.764. The number of nitrogens with zero attached hydrogens (tertiary/aromatic N) is 1. The molecule has 0 spiro atoms. The van der Waals surface area contributed by atoms with E-state index >= 15 is 0 Å². The lowest BCUT2D eigenvalue weighted by molar-refractivity contribution is 0.0767. The van der Waals surface area contributed by atoms with Gasteiger partial charge < -0.3 is 4.90 Å². The van der Waals surface area contributed by atoms with Gasteiger partial charge in [0.15, 0.2) is 5.78 Å². The lowest BCUT2D eigenvalue weighted by Crippen LogP contribution is -2.42. The van der Waals surface area contributed by atoms with Gasteiger partial charge in [-0.25, -0.2) is 0 Å². The molecule has 0 saturated carbocycles. The molecular weight excluding hydrogens is 258 g/mol. The lowest BCUT2D eigenvalue weighted by atomic mass is 9.83. The van der Waals surface area contributed by atoms with Crippen molar-refractivity contribution in [1.29, 1.82) is 0 Å². The SMILES string of the molecule is CN1C2CCC1CC(C(=O)c1ccc(C(C)(C)C)cc1)C2. The van der Waals surface area contributed by atoms with Crippen LogP contribution in [0.2, 0.25) is 0 Å². The van der Waals surface area contributed by atoms with Crippen LogP contribution in [0.3, 0.4) is 0 Å². The molecule has 0 aliphatic carbocycles. The van der Waals surface area contributed by atoms with Gasteiger partial charge in [-0.1, -0.05) is 45.0 Å². The topological polar surface area (TPSA) is 20.3 Å². The highest BCUT2D eigenvalue weighted by Crippen LogP contribution is 2.38. The molecule has 2 saturated heterocycles. The molecule has 2 heteroatoms. The maximum Gasteiger partial charge on any atom is 0.166 e. The average Bonchev–Trinajstić information content (AvgIpc) is 2.66. The van der Waals surface area contributed by atoms with Crippen molar-refractivity contribution in [3.63, 3.8) is 0 Å². The van der Waals surface area contributed by atoms with Crippen molar-refractivity contribution in [3.8, 4) is 0 Å². The molecule has 2 nitrogen and oxygen atoms in total. The van der Waals surface area contributed by atoms with Crippen LogP contribution >= 0.6 is 0 Å².